The van der Waals surface area contributed by atoms with Crippen LogP contribution in [0.4, 0.5) is 5.69 Å². The van der Waals surface area contributed by atoms with Gasteiger partial charge in [-0.3, -0.25) is 14.5 Å². The lowest BCUT2D eigenvalue weighted by atomic mass is 10.1. The molecule has 2 aromatic carbocycles. The van der Waals surface area contributed by atoms with Crippen molar-refractivity contribution in [3.8, 4) is 6.07 Å². The number of nitrogens with one attached hydrogen (secondary N) is 1. The van der Waals surface area contributed by atoms with E-state index >= 15 is 0 Å². The van der Waals surface area contributed by atoms with Crippen LogP contribution in [-0.2, 0) is 16.0 Å². The highest BCUT2D eigenvalue weighted by molar-refractivity contribution is 8.05. The minimum Gasteiger partial charge on any atom is -0.354 e. The van der Waals surface area contributed by atoms with Crippen molar-refractivity contribution >= 4 is 40.9 Å². The zero-order chi connectivity index (χ0) is 21.1. The lowest BCUT2D eigenvalue weighted by molar-refractivity contribution is -0.117. The summed E-state index contributed by atoms with van der Waals surface area (Å²) < 4.78 is 0. The fourth-order valence-electron chi connectivity index (χ4n) is 3.09. The van der Waals surface area contributed by atoms with Gasteiger partial charge in [-0.05, 0) is 61.2 Å². The minimum atomic E-state index is -0.514. The Bertz CT molecular complexity index is 1060. The number of hydrogen-bond acceptors (Lipinski definition) is 4. The summed E-state index contributed by atoms with van der Waals surface area (Å²) >= 11 is 7.32. The van der Waals surface area contributed by atoms with E-state index in [0.717, 1.165) is 16.7 Å². The number of benzene rings is 2. The van der Waals surface area contributed by atoms with Crippen LogP contribution in [0.5, 0.6) is 0 Å². The lowest BCUT2D eigenvalue weighted by Crippen LogP contribution is -2.31. The van der Waals surface area contributed by atoms with E-state index in [2.05, 4.69) is 5.32 Å². The van der Waals surface area contributed by atoms with Gasteiger partial charge in [0.25, 0.3) is 5.91 Å². The number of carbonyl (C=O) groups is 2. The number of carbonyl (C=O) groups excluding carboxylic acids is 2. The molecule has 0 aromatic heterocycles. The van der Waals surface area contributed by atoms with E-state index in [4.69, 9.17) is 11.6 Å². The summed E-state index contributed by atoms with van der Waals surface area (Å²) in [6.07, 6.45) is 0.446. The molecule has 1 aliphatic rings. The van der Waals surface area contributed by atoms with Crippen molar-refractivity contribution in [1.82, 2.24) is 5.32 Å². The Morgan fingerprint density at radius 1 is 1.24 bits per heavy atom. The molecule has 0 bridgehead atoms. The third-order valence-electron chi connectivity index (χ3n) is 4.79. The summed E-state index contributed by atoms with van der Waals surface area (Å²) in [5, 5.41) is 12.6. The predicted molar refractivity (Wildman–Crippen MR) is 117 cm³/mol. The monoisotopic (exact) mass is 425 g/mol. The normalized spacial score (nSPS) is 17.8. The summed E-state index contributed by atoms with van der Waals surface area (Å²) in [7, 11) is 1.46. The molecule has 148 valence electrons. The van der Waals surface area contributed by atoms with Crippen LogP contribution in [0.2, 0.25) is 5.02 Å². The molecular formula is C22H20ClN3O2S. The second kappa shape index (κ2) is 8.73. The number of aryl methyl sites for hydroxylation is 2. The third kappa shape index (κ3) is 4.31. The highest BCUT2D eigenvalue weighted by atomic mass is 35.5. The van der Waals surface area contributed by atoms with Crippen LogP contribution in [0.1, 0.15) is 16.7 Å². The first-order valence-corrected chi connectivity index (χ1v) is 10.3. The number of nitriles is 1. The van der Waals surface area contributed by atoms with Gasteiger partial charge in [0.05, 0.1) is 5.25 Å². The Hall–Kier alpha value is -2.75. The van der Waals surface area contributed by atoms with Gasteiger partial charge >= 0.3 is 0 Å². The topological polar surface area (TPSA) is 73.2 Å². The first kappa shape index (κ1) is 21.0. The van der Waals surface area contributed by atoms with Crippen molar-refractivity contribution in [2.45, 2.75) is 25.5 Å². The summed E-state index contributed by atoms with van der Waals surface area (Å²) in [5.41, 5.74) is 3.61. The van der Waals surface area contributed by atoms with Crippen LogP contribution < -0.4 is 10.2 Å². The van der Waals surface area contributed by atoms with E-state index in [1.165, 1.54) is 23.7 Å². The summed E-state index contributed by atoms with van der Waals surface area (Å²) in [5.74, 6) is -0.676. The van der Waals surface area contributed by atoms with Gasteiger partial charge in [-0.1, -0.05) is 41.6 Å². The molecule has 2 aromatic rings. The number of amides is 2. The summed E-state index contributed by atoms with van der Waals surface area (Å²) in [4.78, 5) is 27.1. The van der Waals surface area contributed by atoms with Crippen molar-refractivity contribution in [1.29, 1.82) is 5.26 Å². The number of rotatable bonds is 4. The second-order valence-electron chi connectivity index (χ2n) is 6.75. The number of hydrogen-bond donors (Lipinski definition) is 1. The molecule has 0 saturated carbocycles. The number of nitrogens with zero attached hydrogens (tertiary/aromatic N) is 2. The molecule has 1 fully saturated rings. The zero-order valence-electron chi connectivity index (χ0n) is 16.3. The van der Waals surface area contributed by atoms with E-state index in [9.17, 15) is 14.9 Å². The van der Waals surface area contributed by atoms with Crippen molar-refractivity contribution in [3.63, 3.8) is 0 Å². The van der Waals surface area contributed by atoms with E-state index in [-0.39, 0.29) is 11.5 Å². The van der Waals surface area contributed by atoms with E-state index in [1.54, 1.807) is 6.07 Å². The van der Waals surface area contributed by atoms with Crippen molar-refractivity contribution in [2.24, 2.45) is 0 Å². The summed E-state index contributed by atoms with van der Waals surface area (Å²) in [6.45, 7) is 3.95. The number of likely N-dealkylation sites (N-methyl/N-ethyl adjacent to an activating group) is 1. The van der Waals surface area contributed by atoms with Crippen molar-refractivity contribution in [3.05, 3.63) is 74.8 Å². The SMILES string of the molecule is CNC(=O)/C(C#N)=C1\SC(Cc2cccc(Cl)c2)C(=O)N1c1ccc(C)c(C)c1. The van der Waals surface area contributed by atoms with Gasteiger partial charge in [0.2, 0.25) is 5.91 Å². The Morgan fingerprint density at radius 3 is 2.62 bits per heavy atom. The quantitative estimate of drug-likeness (QED) is 0.590. The summed E-state index contributed by atoms with van der Waals surface area (Å²) in [6, 6.07) is 15.0. The highest BCUT2D eigenvalue weighted by Crippen LogP contribution is 2.42. The molecule has 0 spiro atoms. The van der Waals surface area contributed by atoms with Gasteiger partial charge in [0.1, 0.15) is 16.7 Å². The highest BCUT2D eigenvalue weighted by Gasteiger charge is 2.40. The minimum absolute atomic E-state index is 0.0716. The Labute approximate surface area is 179 Å². The Balaban J connectivity index is 2.07. The molecule has 1 N–H and O–H groups in total. The number of anilines is 1. The van der Waals surface area contributed by atoms with Gasteiger partial charge in [-0.25, -0.2) is 0 Å². The molecule has 1 heterocycles. The Kier molecular flexibility index (Phi) is 6.31. The van der Waals surface area contributed by atoms with Gasteiger partial charge < -0.3 is 5.32 Å². The molecule has 0 aliphatic carbocycles. The fraction of sp³-hybridized carbons (Fsp3) is 0.227. The maximum absolute atomic E-state index is 13.3. The van der Waals surface area contributed by atoms with Crippen LogP contribution in [0.3, 0.4) is 0 Å². The molecular weight excluding hydrogens is 406 g/mol. The van der Waals surface area contributed by atoms with E-state index in [1.807, 2.05) is 56.3 Å². The maximum Gasteiger partial charge on any atom is 0.264 e. The van der Waals surface area contributed by atoms with Gasteiger partial charge in [-0.15, -0.1) is 0 Å². The molecule has 3 rings (SSSR count). The number of thioether (sulfide) groups is 1. The van der Waals surface area contributed by atoms with E-state index in [0.29, 0.717) is 22.2 Å². The maximum atomic E-state index is 13.3. The van der Waals surface area contributed by atoms with Crippen LogP contribution in [0.15, 0.2) is 53.1 Å². The molecule has 1 unspecified atom stereocenters. The van der Waals surface area contributed by atoms with Crippen LogP contribution in [0, 0.1) is 25.2 Å². The molecule has 1 aliphatic heterocycles. The van der Waals surface area contributed by atoms with Gasteiger partial charge in [0.15, 0.2) is 0 Å². The second-order valence-corrected chi connectivity index (χ2v) is 8.38. The first-order chi connectivity index (χ1) is 13.8. The lowest BCUT2D eigenvalue weighted by Gasteiger charge is -2.19. The number of halogens is 1. The van der Waals surface area contributed by atoms with Gasteiger partial charge in [0, 0.05) is 17.8 Å². The van der Waals surface area contributed by atoms with Gasteiger partial charge in [-0.2, -0.15) is 5.26 Å². The van der Waals surface area contributed by atoms with Crippen LogP contribution in [-0.4, -0.2) is 24.1 Å². The largest absolute Gasteiger partial charge is 0.354 e. The molecule has 5 nitrogen and oxygen atoms in total. The smallest absolute Gasteiger partial charge is 0.264 e. The average Bonchev–Trinajstić information content (AvgIpc) is 3.00. The van der Waals surface area contributed by atoms with Crippen LogP contribution in [0.25, 0.3) is 0 Å². The zero-order valence-corrected chi connectivity index (χ0v) is 17.9. The molecule has 1 atom stereocenters. The van der Waals surface area contributed by atoms with Crippen LogP contribution >= 0.6 is 23.4 Å². The fourth-order valence-corrected chi connectivity index (χ4v) is 4.61. The van der Waals surface area contributed by atoms with E-state index < -0.39 is 11.2 Å². The predicted octanol–water partition coefficient (Wildman–Crippen LogP) is 4.13. The molecule has 1 saturated heterocycles. The Morgan fingerprint density at radius 2 is 2.00 bits per heavy atom. The molecule has 0 radical (unpaired) electrons. The first-order valence-electron chi connectivity index (χ1n) is 9.04. The van der Waals surface area contributed by atoms with Crippen molar-refractivity contribution in [2.75, 3.05) is 11.9 Å². The molecule has 7 heteroatoms. The molecule has 29 heavy (non-hydrogen) atoms. The third-order valence-corrected chi connectivity index (χ3v) is 6.29. The molecule has 2 amide bonds. The van der Waals surface area contributed by atoms with Crippen molar-refractivity contribution < 1.29 is 9.59 Å². The standard InChI is InChI=1S/C22H20ClN3O2S/c1-13-7-8-17(9-14(13)2)26-21(28)19(11-15-5-4-6-16(23)10-15)29-22(26)18(12-24)20(27)25-3/h4-10,19H,11H2,1-3H3,(H,25,27)/b22-18-. The average molecular weight is 426 g/mol.